The van der Waals surface area contributed by atoms with E-state index < -0.39 is 24.2 Å². The maximum absolute atomic E-state index is 13.8. The summed E-state index contributed by atoms with van der Waals surface area (Å²) in [5.41, 5.74) is 2.83. The number of halogens is 1. The number of aryl methyl sites for hydroxylation is 1. The van der Waals surface area contributed by atoms with Crippen molar-refractivity contribution in [3.63, 3.8) is 0 Å². The number of para-hydroxylation sites is 1. The third-order valence-electron chi connectivity index (χ3n) is 4.88. The monoisotopic (exact) mass is 418 g/mol. The summed E-state index contributed by atoms with van der Waals surface area (Å²) in [5, 5.41) is 0. The van der Waals surface area contributed by atoms with Crippen LogP contribution in [-0.2, 0) is 4.74 Å². The van der Waals surface area contributed by atoms with Gasteiger partial charge in [0, 0.05) is 11.3 Å². The minimum Gasteiger partial charge on any atom is -0.494 e. The van der Waals surface area contributed by atoms with E-state index >= 15 is 0 Å². The van der Waals surface area contributed by atoms with Crippen LogP contribution >= 0.6 is 0 Å². The van der Waals surface area contributed by atoms with E-state index in [0.717, 1.165) is 23.1 Å². The molecule has 0 amide bonds. The van der Waals surface area contributed by atoms with Gasteiger partial charge in [0.05, 0.1) is 23.7 Å². The molecule has 0 saturated heterocycles. The number of rotatable bonds is 6. The van der Waals surface area contributed by atoms with Gasteiger partial charge in [0.1, 0.15) is 5.82 Å². The van der Waals surface area contributed by atoms with Gasteiger partial charge < -0.3 is 9.47 Å². The summed E-state index contributed by atoms with van der Waals surface area (Å²) in [5.74, 6) is -1.01. The molecule has 0 aliphatic heterocycles. The summed E-state index contributed by atoms with van der Waals surface area (Å²) in [6, 6.07) is 18.6. The Morgan fingerprint density at radius 1 is 1.00 bits per heavy atom. The SMILES string of the molecule is COc1ccc(C(=O)COC(=O)c2ccc3c(c2)nc(C)n3-c2ccccc2)cc1F. The van der Waals surface area contributed by atoms with Gasteiger partial charge in [0.15, 0.2) is 24.0 Å². The van der Waals surface area contributed by atoms with Crippen LogP contribution in [0.3, 0.4) is 0 Å². The van der Waals surface area contributed by atoms with Gasteiger partial charge in [0.2, 0.25) is 0 Å². The van der Waals surface area contributed by atoms with Crippen molar-refractivity contribution in [2.75, 3.05) is 13.7 Å². The number of imidazole rings is 1. The molecule has 156 valence electrons. The van der Waals surface area contributed by atoms with Crippen molar-refractivity contribution in [1.82, 2.24) is 9.55 Å². The van der Waals surface area contributed by atoms with E-state index in [-0.39, 0.29) is 16.9 Å². The highest BCUT2D eigenvalue weighted by Gasteiger charge is 2.16. The van der Waals surface area contributed by atoms with Crippen molar-refractivity contribution in [1.29, 1.82) is 0 Å². The first-order valence-electron chi connectivity index (χ1n) is 9.56. The van der Waals surface area contributed by atoms with Crippen LogP contribution in [0.25, 0.3) is 16.7 Å². The normalized spacial score (nSPS) is 10.8. The molecule has 4 aromatic rings. The molecule has 0 unspecified atom stereocenters. The predicted molar refractivity (Wildman–Crippen MR) is 113 cm³/mol. The first-order chi connectivity index (χ1) is 15.0. The van der Waals surface area contributed by atoms with Gasteiger partial charge in [-0.2, -0.15) is 0 Å². The number of hydrogen-bond donors (Lipinski definition) is 0. The fourth-order valence-corrected chi connectivity index (χ4v) is 3.37. The molecule has 1 heterocycles. The Balaban J connectivity index is 1.51. The second-order valence-electron chi connectivity index (χ2n) is 6.88. The van der Waals surface area contributed by atoms with Crippen molar-refractivity contribution in [3.8, 4) is 11.4 Å². The quantitative estimate of drug-likeness (QED) is 0.340. The summed E-state index contributed by atoms with van der Waals surface area (Å²) in [6.07, 6.45) is 0. The topological polar surface area (TPSA) is 70.4 Å². The molecular formula is C24H19FN2O4. The van der Waals surface area contributed by atoms with E-state index in [9.17, 15) is 14.0 Å². The number of fused-ring (bicyclic) bond motifs is 1. The van der Waals surface area contributed by atoms with Crippen molar-refractivity contribution in [2.45, 2.75) is 6.92 Å². The van der Waals surface area contributed by atoms with Gasteiger partial charge in [-0.25, -0.2) is 14.2 Å². The van der Waals surface area contributed by atoms with Crippen molar-refractivity contribution in [2.24, 2.45) is 0 Å². The number of ketones is 1. The summed E-state index contributed by atoms with van der Waals surface area (Å²) >= 11 is 0. The van der Waals surface area contributed by atoms with E-state index in [2.05, 4.69) is 4.98 Å². The third kappa shape index (κ3) is 4.02. The summed E-state index contributed by atoms with van der Waals surface area (Å²) < 4.78 is 25.7. The van der Waals surface area contributed by atoms with Crippen molar-refractivity contribution >= 4 is 22.8 Å². The van der Waals surface area contributed by atoms with E-state index in [0.29, 0.717) is 5.52 Å². The highest BCUT2D eigenvalue weighted by Crippen LogP contribution is 2.23. The van der Waals surface area contributed by atoms with Gasteiger partial charge in [0.25, 0.3) is 0 Å². The number of benzene rings is 3. The molecule has 6 nitrogen and oxygen atoms in total. The number of esters is 1. The molecule has 0 saturated carbocycles. The fourth-order valence-electron chi connectivity index (χ4n) is 3.37. The highest BCUT2D eigenvalue weighted by atomic mass is 19.1. The average Bonchev–Trinajstić information content (AvgIpc) is 3.12. The van der Waals surface area contributed by atoms with Crippen LogP contribution in [0.5, 0.6) is 5.75 Å². The molecule has 0 spiro atoms. The summed E-state index contributed by atoms with van der Waals surface area (Å²) in [6.45, 7) is 1.39. The molecule has 1 aromatic heterocycles. The third-order valence-corrected chi connectivity index (χ3v) is 4.88. The Morgan fingerprint density at radius 2 is 1.74 bits per heavy atom. The highest BCUT2D eigenvalue weighted by molar-refractivity contribution is 6.00. The standard InChI is InChI=1S/C24H19FN2O4/c1-15-26-20-13-17(8-10-21(20)27(15)18-6-4-3-5-7-18)24(29)31-14-22(28)16-9-11-23(30-2)19(25)12-16/h3-13H,14H2,1-2H3. The molecule has 0 aliphatic carbocycles. The van der Waals surface area contributed by atoms with Gasteiger partial charge in [-0.1, -0.05) is 18.2 Å². The number of ether oxygens (including phenoxy) is 2. The maximum Gasteiger partial charge on any atom is 0.338 e. The lowest BCUT2D eigenvalue weighted by molar-refractivity contribution is 0.0475. The molecule has 4 rings (SSSR count). The van der Waals surface area contributed by atoms with Gasteiger partial charge in [-0.3, -0.25) is 9.36 Å². The zero-order valence-electron chi connectivity index (χ0n) is 17.0. The van der Waals surface area contributed by atoms with Gasteiger partial charge >= 0.3 is 5.97 Å². The smallest absolute Gasteiger partial charge is 0.338 e. The number of Topliss-reactive ketones (excluding diaryl/α,β-unsaturated/α-hetero) is 1. The molecule has 31 heavy (non-hydrogen) atoms. The van der Waals surface area contributed by atoms with Gasteiger partial charge in [-0.05, 0) is 55.5 Å². The Kier molecular flexibility index (Phi) is 5.49. The molecule has 0 bridgehead atoms. The zero-order valence-corrected chi connectivity index (χ0v) is 17.0. The van der Waals surface area contributed by atoms with E-state index in [1.807, 2.05) is 41.8 Å². The second-order valence-corrected chi connectivity index (χ2v) is 6.88. The zero-order chi connectivity index (χ0) is 22.0. The number of aromatic nitrogens is 2. The number of carbonyl (C=O) groups excluding carboxylic acids is 2. The minimum atomic E-state index is -0.658. The predicted octanol–water partition coefficient (Wildman–Crippen LogP) is 4.52. The number of nitrogens with zero attached hydrogens (tertiary/aromatic N) is 2. The minimum absolute atomic E-state index is 0.0343. The number of carbonyl (C=O) groups is 2. The van der Waals surface area contributed by atoms with Crippen LogP contribution in [0.2, 0.25) is 0 Å². The molecule has 0 radical (unpaired) electrons. The maximum atomic E-state index is 13.8. The molecular weight excluding hydrogens is 399 g/mol. The lowest BCUT2D eigenvalue weighted by atomic mass is 10.1. The second kappa shape index (κ2) is 8.39. The Labute approximate surface area is 177 Å². The van der Waals surface area contributed by atoms with Crippen LogP contribution in [0, 0.1) is 12.7 Å². The van der Waals surface area contributed by atoms with Crippen LogP contribution in [-0.4, -0.2) is 35.0 Å². The largest absolute Gasteiger partial charge is 0.494 e. The van der Waals surface area contributed by atoms with Crippen molar-refractivity contribution < 1.29 is 23.5 Å². The average molecular weight is 418 g/mol. The number of hydrogen-bond acceptors (Lipinski definition) is 5. The summed E-state index contributed by atoms with van der Waals surface area (Å²) in [7, 11) is 1.34. The Bertz CT molecular complexity index is 1280. The molecule has 7 heteroatoms. The summed E-state index contributed by atoms with van der Waals surface area (Å²) in [4.78, 5) is 29.2. The molecule has 0 fully saturated rings. The van der Waals surface area contributed by atoms with E-state index in [4.69, 9.17) is 9.47 Å². The van der Waals surface area contributed by atoms with Crippen LogP contribution in [0.4, 0.5) is 4.39 Å². The molecule has 0 N–H and O–H groups in total. The first-order valence-corrected chi connectivity index (χ1v) is 9.56. The van der Waals surface area contributed by atoms with Gasteiger partial charge in [-0.15, -0.1) is 0 Å². The molecule has 3 aromatic carbocycles. The Morgan fingerprint density at radius 3 is 2.45 bits per heavy atom. The van der Waals surface area contributed by atoms with Crippen LogP contribution in [0.15, 0.2) is 66.7 Å². The Hall–Kier alpha value is -4.00. The van der Waals surface area contributed by atoms with Crippen LogP contribution < -0.4 is 4.74 Å². The van der Waals surface area contributed by atoms with Crippen molar-refractivity contribution in [3.05, 3.63) is 89.5 Å². The molecule has 0 atom stereocenters. The fraction of sp³-hybridized carbons (Fsp3) is 0.125. The first kappa shape index (κ1) is 20.3. The van der Waals surface area contributed by atoms with E-state index in [1.54, 1.807) is 18.2 Å². The lowest BCUT2D eigenvalue weighted by Crippen LogP contribution is -2.14. The lowest BCUT2D eigenvalue weighted by Gasteiger charge is -2.08. The number of methoxy groups -OCH3 is 1. The van der Waals surface area contributed by atoms with E-state index in [1.165, 1.54) is 19.2 Å². The van der Waals surface area contributed by atoms with Crippen LogP contribution in [0.1, 0.15) is 26.5 Å². The molecule has 0 aliphatic rings.